The molecular weight excluding hydrogens is 154 g/mol. The highest BCUT2D eigenvalue weighted by Gasteiger charge is 2.27. The van der Waals surface area contributed by atoms with E-state index < -0.39 is 15.5 Å². The summed E-state index contributed by atoms with van der Waals surface area (Å²) in [5.74, 6) is 0. The van der Waals surface area contributed by atoms with Gasteiger partial charge in [0, 0.05) is 6.04 Å². The molecule has 5 heteroatoms. The average molecular weight is 165 g/mol. The van der Waals surface area contributed by atoms with Crippen molar-refractivity contribution < 1.29 is 13.0 Å². The first-order valence-corrected chi connectivity index (χ1v) is 4.73. The van der Waals surface area contributed by atoms with Crippen molar-refractivity contribution in [3.05, 3.63) is 0 Å². The van der Waals surface area contributed by atoms with Crippen LogP contribution in [0.25, 0.3) is 0 Å². The molecule has 1 saturated carbocycles. The van der Waals surface area contributed by atoms with Gasteiger partial charge in [0.2, 0.25) is 0 Å². The van der Waals surface area contributed by atoms with E-state index in [0.29, 0.717) is 6.04 Å². The quantitative estimate of drug-likeness (QED) is 0.576. The molecule has 0 bridgehead atoms. The lowest BCUT2D eigenvalue weighted by Crippen LogP contribution is -2.34. The van der Waals surface area contributed by atoms with Gasteiger partial charge in [-0.1, -0.05) is 0 Å². The maximum Gasteiger partial charge on any atom is 0.280 e. The number of nitrogens with one attached hydrogen (secondary N) is 1. The Morgan fingerprint density at radius 1 is 1.60 bits per heavy atom. The minimum absolute atomic E-state index is 0.303. The van der Waals surface area contributed by atoms with Crippen LogP contribution in [0.2, 0.25) is 0 Å². The monoisotopic (exact) mass is 165 g/mol. The summed E-state index contributed by atoms with van der Waals surface area (Å²) in [6, 6.07) is 0.303. The van der Waals surface area contributed by atoms with Crippen LogP contribution in [0.3, 0.4) is 0 Å². The van der Waals surface area contributed by atoms with Crippen molar-refractivity contribution in [1.82, 2.24) is 5.32 Å². The first-order valence-electron chi connectivity index (χ1n) is 3.22. The van der Waals surface area contributed by atoms with Gasteiger partial charge < -0.3 is 0 Å². The molecule has 1 unspecified atom stereocenters. The zero-order chi connectivity index (χ0) is 7.78. The Kier molecular flexibility index (Phi) is 1.98. The van der Waals surface area contributed by atoms with Crippen molar-refractivity contribution in [3.63, 3.8) is 0 Å². The Morgan fingerprint density at radius 3 is 2.40 bits per heavy atom. The van der Waals surface area contributed by atoms with E-state index in [4.69, 9.17) is 4.55 Å². The molecule has 4 nitrogen and oxygen atoms in total. The Hall–Kier alpha value is -0.130. The molecule has 0 radical (unpaired) electrons. The lowest BCUT2D eigenvalue weighted by atomic mass is 10.6. The lowest BCUT2D eigenvalue weighted by Gasteiger charge is -2.07. The molecule has 0 spiro atoms. The van der Waals surface area contributed by atoms with Gasteiger partial charge >= 0.3 is 0 Å². The first-order chi connectivity index (χ1) is 4.50. The van der Waals surface area contributed by atoms with E-state index in [1.165, 1.54) is 6.92 Å². The largest absolute Gasteiger partial charge is 0.297 e. The molecule has 1 rings (SSSR count). The summed E-state index contributed by atoms with van der Waals surface area (Å²) in [7, 11) is -3.87. The highest BCUT2D eigenvalue weighted by Crippen LogP contribution is 2.19. The van der Waals surface area contributed by atoms with Crippen molar-refractivity contribution in [3.8, 4) is 0 Å². The van der Waals surface area contributed by atoms with Crippen LogP contribution in [0.1, 0.15) is 19.8 Å². The summed E-state index contributed by atoms with van der Waals surface area (Å²) >= 11 is 0. The highest BCUT2D eigenvalue weighted by molar-refractivity contribution is 7.86. The second-order valence-corrected chi connectivity index (χ2v) is 4.34. The summed E-state index contributed by atoms with van der Waals surface area (Å²) in [6.07, 6.45) is 2.03. The van der Waals surface area contributed by atoms with E-state index in [9.17, 15) is 8.42 Å². The summed E-state index contributed by atoms with van der Waals surface area (Å²) in [5, 5.41) is 1.94. The molecule has 0 heterocycles. The van der Waals surface area contributed by atoms with Gasteiger partial charge in [-0.3, -0.25) is 9.87 Å². The first kappa shape index (κ1) is 7.97. The van der Waals surface area contributed by atoms with E-state index in [2.05, 4.69) is 5.32 Å². The number of hydrogen-bond acceptors (Lipinski definition) is 3. The van der Waals surface area contributed by atoms with E-state index in [1.807, 2.05) is 0 Å². The third kappa shape index (κ3) is 2.24. The minimum atomic E-state index is -3.87. The van der Waals surface area contributed by atoms with Crippen LogP contribution in [0, 0.1) is 0 Å². The third-order valence-corrected chi connectivity index (χ3v) is 2.52. The molecular formula is C5H11NO3S. The van der Waals surface area contributed by atoms with Crippen LogP contribution in [-0.4, -0.2) is 24.4 Å². The van der Waals surface area contributed by atoms with Crippen LogP contribution >= 0.6 is 0 Å². The van der Waals surface area contributed by atoms with Gasteiger partial charge in [0.25, 0.3) is 10.1 Å². The van der Waals surface area contributed by atoms with Gasteiger partial charge in [0.1, 0.15) is 5.37 Å². The molecule has 0 aromatic carbocycles. The van der Waals surface area contributed by atoms with Crippen LogP contribution in [0.15, 0.2) is 0 Å². The standard InChI is InChI=1S/C5H11NO3S/c1-4(10(7,8)9)6-5-2-3-5/h4-6H,2-3H2,1H3,(H,7,8,9). The zero-order valence-corrected chi connectivity index (χ0v) is 6.56. The molecule has 1 aliphatic rings. The minimum Gasteiger partial charge on any atom is -0.297 e. The molecule has 60 valence electrons. The Morgan fingerprint density at radius 2 is 2.10 bits per heavy atom. The maximum absolute atomic E-state index is 10.4. The van der Waals surface area contributed by atoms with Crippen LogP contribution in [0.5, 0.6) is 0 Å². The smallest absolute Gasteiger partial charge is 0.280 e. The Labute approximate surface area is 60.4 Å². The van der Waals surface area contributed by atoms with Gasteiger partial charge in [-0.25, -0.2) is 0 Å². The van der Waals surface area contributed by atoms with E-state index in [0.717, 1.165) is 12.8 Å². The molecule has 0 aliphatic heterocycles. The lowest BCUT2D eigenvalue weighted by molar-refractivity contribution is 0.455. The summed E-state index contributed by atoms with van der Waals surface area (Å²) < 4.78 is 29.2. The fourth-order valence-electron chi connectivity index (χ4n) is 0.668. The molecule has 2 N–H and O–H groups in total. The van der Waals surface area contributed by atoms with Crippen molar-refractivity contribution >= 4 is 10.1 Å². The maximum atomic E-state index is 10.4. The predicted octanol–water partition coefficient (Wildman–Crippen LogP) is -0.0278. The Bertz CT molecular complexity index is 207. The van der Waals surface area contributed by atoms with Gasteiger partial charge in [0.15, 0.2) is 0 Å². The van der Waals surface area contributed by atoms with E-state index in [-0.39, 0.29) is 0 Å². The van der Waals surface area contributed by atoms with Crippen molar-refractivity contribution in [2.24, 2.45) is 0 Å². The fourth-order valence-corrected chi connectivity index (χ4v) is 1.03. The normalized spacial score (nSPS) is 22.6. The second kappa shape index (κ2) is 2.48. The summed E-state index contributed by atoms with van der Waals surface area (Å²) in [5.41, 5.74) is 0. The third-order valence-electron chi connectivity index (χ3n) is 1.49. The van der Waals surface area contributed by atoms with Gasteiger partial charge in [-0.05, 0) is 19.8 Å². The van der Waals surface area contributed by atoms with Crippen LogP contribution < -0.4 is 5.32 Å². The predicted molar refractivity (Wildman–Crippen MR) is 37.2 cm³/mol. The van der Waals surface area contributed by atoms with Crippen LogP contribution in [0.4, 0.5) is 0 Å². The Balaban J connectivity index is 2.40. The molecule has 10 heavy (non-hydrogen) atoms. The molecule has 0 saturated heterocycles. The molecule has 0 amide bonds. The van der Waals surface area contributed by atoms with Crippen molar-refractivity contribution in [2.75, 3.05) is 0 Å². The molecule has 0 aromatic heterocycles. The summed E-state index contributed by atoms with van der Waals surface area (Å²) in [4.78, 5) is 0. The molecule has 0 aromatic rings. The van der Waals surface area contributed by atoms with Gasteiger partial charge in [-0.15, -0.1) is 0 Å². The molecule has 1 fully saturated rings. The highest BCUT2D eigenvalue weighted by atomic mass is 32.2. The van der Waals surface area contributed by atoms with Crippen molar-refractivity contribution in [2.45, 2.75) is 31.2 Å². The fraction of sp³-hybridized carbons (Fsp3) is 1.00. The van der Waals surface area contributed by atoms with Crippen molar-refractivity contribution in [1.29, 1.82) is 0 Å². The molecule has 1 aliphatic carbocycles. The summed E-state index contributed by atoms with van der Waals surface area (Å²) in [6.45, 7) is 1.44. The average Bonchev–Trinajstić information content (AvgIpc) is 2.47. The number of rotatable bonds is 3. The van der Waals surface area contributed by atoms with Crippen LogP contribution in [-0.2, 0) is 10.1 Å². The molecule has 1 atom stereocenters. The second-order valence-electron chi connectivity index (χ2n) is 2.60. The SMILES string of the molecule is CC(NC1CC1)S(=O)(=O)O. The zero-order valence-electron chi connectivity index (χ0n) is 5.74. The van der Waals surface area contributed by atoms with Gasteiger partial charge in [0.05, 0.1) is 0 Å². The topological polar surface area (TPSA) is 66.4 Å². The number of hydrogen-bond donors (Lipinski definition) is 2. The van der Waals surface area contributed by atoms with Gasteiger partial charge in [-0.2, -0.15) is 8.42 Å². The van der Waals surface area contributed by atoms with E-state index >= 15 is 0 Å². The van der Waals surface area contributed by atoms with E-state index in [1.54, 1.807) is 0 Å².